The number of thiol groups is 1. The standard InChI is InChI=1S/C9H10O2.BHS.H2S/c10-9(11)7-6-8-4-2-1-3-5-8;1-2;/h1-5H,6-7H2,(H,10,11);2H;1H2. The van der Waals surface area contributed by atoms with Crippen molar-refractivity contribution in [1.82, 2.24) is 0 Å². The lowest BCUT2D eigenvalue weighted by Gasteiger charge is -1.95. The molecule has 0 saturated carbocycles. The number of hydrogen-bond donors (Lipinski definition) is 2. The Hall–Kier alpha value is -0.545. The summed E-state index contributed by atoms with van der Waals surface area (Å²) in [5.41, 5.74) is 1.08. The lowest BCUT2D eigenvalue weighted by molar-refractivity contribution is -0.136. The van der Waals surface area contributed by atoms with E-state index in [2.05, 4.69) is 19.6 Å². The van der Waals surface area contributed by atoms with E-state index in [0.29, 0.717) is 6.42 Å². The maximum atomic E-state index is 10.2. The maximum absolute atomic E-state index is 10.2. The Balaban J connectivity index is 0. The van der Waals surface area contributed by atoms with Gasteiger partial charge in [-0.3, -0.25) is 4.79 Å². The zero-order valence-electron chi connectivity index (χ0n) is 7.68. The Kier molecular flexibility index (Phi) is 12.0. The molecule has 1 aromatic carbocycles. The lowest BCUT2D eigenvalue weighted by Crippen LogP contribution is -1.96. The molecule has 0 amide bonds. The van der Waals surface area contributed by atoms with Gasteiger partial charge in [0.05, 0.1) is 0 Å². The Bertz CT molecular complexity index is 242. The molecule has 0 unspecified atom stereocenters. The summed E-state index contributed by atoms with van der Waals surface area (Å²) in [5, 5.41) is 8.37. The van der Waals surface area contributed by atoms with Crippen LogP contribution in [0, 0.1) is 0 Å². The Morgan fingerprint density at radius 3 is 2.21 bits per heavy atom. The summed E-state index contributed by atoms with van der Waals surface area (Å²) in [7, 11) is 4.19. The van der Waals surface area contributed by atoms with Crippen molar-refractivity contribution in [2.24, 2.45) is 0 Å². The first-order valence-corrected chi connectivity index (χ1v) is 4.32. The van der Waals surface area contributed by atoms with Crippen LogP contribution in [0.4, 0.5) is 0 Å². The van der Waals surface area contributed by atoms with Crippen molar-refractivity contribution in [2.45, 2.75) is 12.8 Å². The van der Waals surface area contributed by atoms with E-state index in [0.717, 1.165) is 5.56 Å². The fourth-order valence-corrected chi connectivity index (χ4v) is 0.896. The molecule has 0 aliphatic rings. The van der Waals surface area contributed by atoms with Gasteiger partial charge in [-0.05, 0) is 12.0 Å². The third-order valence-corrected chi connectivity index (χ3v) is 1.47. The summed E-state index contributed by atoms with van der Waals surface area (Å²) in [6, 6.07) is 9.62. The van der Waals surface area contributed by atoms with Crippen molar-refractivity contribution >= 4 is 39.1 Å². The molecule has 0 bridgehead atoms. The molecule has 1 rings (SSSR count). The van der Waals surface area contributed by atoms with Crippen LogP contribution in [0.1, 0.15) is 12.0 Å². The van der Waals surface area contributed by atoms with Crippen molar-refractivity contribution in [3.8, 4) is 0 Å². The average molecular weight is 228 g/mol. The Morgan fingerprint density at radius 2 is 1.79 bits per heavy atom. The van der Waals surface area contributed by atoms with Gasteiger partial charge in [-0.2, -0.15) is 13.5 Å². The molecule has 5 heteroatoms. The third kappa shape index (κ3) is 8.07. The SMILES string of the molecule is O=C(O)CCc1ccccc1.S.[B]S. The van der Waals surface area contributed by atoms with Gasteiger partial charge < -0.3 is 5.11 Å². The summed E-state index contributed by atoms with van der Waals surface area (Å²) in [6.07, 6.45) is 0.834. The number of aryl methyl sites for hydroxylation is 1. The summed E-state index contributed by atoms with van der Waals surface area (Å²) in [5.74, 6) is -0.742. The minimum Gasteiger partial charge on any atom is -0.481 e. The summed E-state index contributed by atoms with van der Waals surface area (Å²) in [4.78, 5) is 10.2. The van der Waals surface area contributed by atoms with Gasteiger partial charge in [0.1, 0.15) is 0 Å². The van der Waals surface area contributed by atoms with E-state index in [4.69, 9.17) is 5.11 Å². The van der Waals surface area contributed by atoms with Crippen LogP contribution in [0.25, 0.3) is 0 Å². The highest BCUT2D eigenvalue weighted by atomic mass is 32.1. The van der Waals surface area contributed by atoms with Crippen molar-refractivity contribution in [3.05, 3.63) is 35.9 Å². The second-order valence-electron chi connectivity index (χ2n) is 2.38. The molecule has 76 valence electrons. The Morgan fingerprint density at radius 1 is 1.29 bits per heavy atom. The van der Waals surface area contributed by atoms with Crippen LogP contribution in [0.15, 0.2) is 30.3 Å². The number of rotatable bonds is 3. The third-order valence-electron chi connectivity index (χ3n) is 1.47. The molecule has 2 radical (unpaired) electrons. The molecule has 0 atom stereocenters. The summed E-state index contributed by atoms with van der Waals surface area (Å²) >= 11 is 3.03. The second kappa shape index (κ2) is 10.5. The number of carbonyl (C=O) groups is 1. The molecule has 2 nitrogen and oxygen atoms in total. The van der Waals surface area contributed by atoms with Gasteiger partial charge in [0.15, 0.2) is 7.12 Å². The van der Waals surface area contributed by atoms with Crippen LogP contribution in [-0.4, -0.2) is 18.2 Å². The minimum atomic E-state index is -0.742. The first kappa shape index (κ1) is 15.9. The molecule has 0 heterocycles. The molecule has 0 spiro atoms. The molecule has 14 heavy (non-hydrogen) atoms. The van der Waals surface area contributed by atoms with E-state index in [1.54, 1.807) is 0 Å². The monoisotopic (exact) mass is 228 g/mol. The van der Waals surface area contributed by atoms with Gasteiger partial charge in [-0.25, -0.2) is 12.5 Å². The van der Waals surface area contributed by atoms with Crippen molar-refractivity contribution in [2.75, 3.05) is 0 Å². The van der Waals surface area contributed by atoms with Crippen LogP contribution < -0.4 is 0 Å². The number of carboxylic acid groups (broad SMARTS) is 1. The highest BCUT2D eigenvalue weighted by molar-refractivity contribution is 8.03. The second-order valence-corrected chi connectivity index (χ2v) is 2.38. The van der Waals surface area contributed by atoms with Crippen LogP contribution >= 0.6 is 26.0 Å². The van der Waals surface area contributed by atoms with E-state index in [-0.39, 0.29) is 19.9 Å². The fraction of sp³-hybridized carbons (Fsp3) is 0.222. The molecule has 0 fully saturated rings. The normalized spacial score (nSPS) is 7.79. The van der Waals surface area contributed by atoms with Crippen molar-refractivity contribution in [1.29, 1.82) is 0 Å². The predicted molar refractivity (Wildman–Crippen MR) is 67.5 cm³/mol. The van der Waals surface area contributed by atoms with E-state index >= 15 is 0 Å². The first-order valence-electron chi connectivity index (χ1n) is 3.80. The highest BCUT2D eigenvalue weighted by Gasteiger charge is 1.96. The molecule has 0 saturated heterocycles. The van der Waals surface area contributed by atoms with E-state index < -0.39 is 5.97 Å². The largest absolute Gasteiger partial charge is 0.481 e. The van der Waals surface area contributed by atoms with Crippen LogP contribution in [0.3, 0.4) is 0 Å². The minimum absolute atomic E-state index is 0. The highest BCUT2D eigenvalue weighted by Crippen LogP contribution is 2.01. The van der Waals surface area contributed by atoms with Gasteiger partial charge in [0.2, 0.25) is 0 Å². The van der Waals surface area contributed by atoms with Crippen LogP contribution in [-0.2, 0) is 11.2 Å². The molecule has 0 aliphatic heterocycles. The van der Waals surface area contributed by atoms with E-state index in [1.807, 2.05) is 30.3 Å². The molecular weight excluding hydrogens is 215 g/mol. The van der Waals surface area contributed by atoms with Gasteiger partial charge >= 0.3 is 5.97 Å². The predicted octanol–water partition coefficient (Wildman–Crippen LogP) is 1.82. The smallest absolute Gasteiger partial charge is 0.303 e. The number of aliphatic carboxylic acids is 1. The topological polar surface area (TPSA) is 37.3 Å². The number of carboxylic acids is 1. The van der Waals surface area contributed by atoms with Crippen molar-refractivity contribution in [3.63, 3.8) is 0 Å². The van der Waals surface area contributed by atoms with Gasteiger partial charge in [0.25, 0.3) is 0 Å². The van der Waals surface area contributed by atoms with Gasteiger partial charge in [-0.1, -0.05) is 30.3 Å². The first-order chi connectivity index (χ1) is 6.29. The zero-order valence-corrected chi connectivity index (χ0v) is 9.58. The van der Waals surface area contributed by atoms with E-state index in [9.17, 15) is 4.79 Å². The van der Waals surface area contributed by atoms with Crippen molar-refractivity contribution < 1.29 is 9.90 Å². The molecule has 1 aromatic rings. The summed E-state index contributed by atoms with van der Waals surface area (Å²) in [6.45, 7) is 0. The average Bonchev–Trinajstić information content (AvgIpc) is 2.19. The van der Waals surface area contributed by atoms with Gasteiger partial charge in [-0.15, -0.1) is 0 Å². The fourth-order valence-electron chi connectivity index (χ4n) is 0.896. The Labute approximate surface area is 97.9 Å². The zero-order chi connectivity index (χ0) is 10.1. The maximum Gasteiger partial charge on any atom is 0.303 e. The molecular formula is C9H13BO2S2. The van der Waals surface area contributed by atoms with Gasteiger partial charge in [0, 0.05) is 6.42 Å². The molecule has 1 N–H and O–H groups in total. The number of benzene rings is 1. The molecule has 0 aromatic heterocycles. The molecule has 0 aliphatic carbocycles. The summed E-state index contributed by atoms with van der Waals surface area (Å²) < 4.78 is 0. The quantitative estimate of drug-likeness (QED) is 0.611. The van der Waals surface area contributed by atoms with E-state index in [1.165, 1.54) is 0 Å². The number of hydrogen-bond acceptors (Lipinski definition) is 2. The lowest BCUT2D eigenvalue weighted by atomic mass is 10.1. The van der Waals surface area contributed by atoms with Crippen LogP contribution in [0.2, 0.25) is 0 Å². The van der Waals surface area contributed by atoms with Crippen LogP contribution in [0.5, 0.6) is 0 Å².